The average molecular weight is 395 g/mol. The topological polar surface area (TPSA) is 0 Å². The molecule has 17 heavy (non-hydrogen) atoms. The van der Waals surface area contributed by atoms with Gasteiger partial charge in [-0.2, -0.15) is 0 Å². The summed E-state index contributed by atoms with van der Waals surface area (Å²) in [7, 11) is 0. The molecule has 0 aliphatic rings. The highest BCUT2D eigenvalue weighted by Crippen LogP contribution is 2.28. The molecule has 0 N–H and O–H groups in total. The Hall–Kier alpha value is -0.0200. The zero-order chi connectivity index (χ0) is 12.4. The van der Waals surface area contributed by atoms with Gasteiger partial charge in [0.25, 0.3) is 0 Å². The zero-order valence-electron chi connectivity index (χ0n) is 8.68. The Balaban J connectivity index is 2.37. The molecule has 0 nitrogen and oxygen atoms in total. The standard InChI is InChI=1S/C13H8Br2Cl2/c14-12-3-1-10(16)6-8(12)5-9-7-11(17)2-4-13(9)15/h1-4,6-7H,5H2. The Labute approximate surface area is 127 Å². The van der Waals surface area contributed by atoms with Gasteiger partial charge in [0, 0.05) is 19.0 Å². The number of halogens is 4. The first kappa shape index (κ1) is 13.4. The van der Waals surface area contributed by atoms with Crippen LogP contribution in [0.2, 0.25) is 10.0 Å². The van der Waals surface area contributed by atoms with Gasteiger partial charge in [0.1, 0.15) is 0 Å². The van der Waals surface area contributed by atoms with Crippen molar-refractivity contribution in [3.8, 4) is 0 Å². The van der Waals surface area contributed by atoms with Crippen molar-refractivity contribution in [1.82, 2.24) is 0 Å². The lowest BCUT2D eigenvalue weighted by molar-refractivity contribution is 1.17. The van der Waals surface area contributed by atoms with Crippen LogP contribution in [0.15, 0.2) is 45.3 Å². The molecule has 0 saturated heterocycles. The highest BCUT2D eigenvalue weighted by molar-refractivity contribution is 9.10. The van der Waals surface area contributed by atoms with E-state index in [9.17, 15) is 0 Å². The maximum atomic E-state index is 6.00. The van der Waals surface area contributed by atoms with Gasteiger partial charge in [-0.15, -0.1) is 0 Å². The molecule has 0 saturated carbocycles. The van der Waals surface area contributed by atoms with Crippen molar-refractivity contribution in [2.45, 2.75) is 6.42 Å². The smallest absolute Gasteiger partial charge is 0.0409 e. The summed E-state index contributed by atoms with van der Waals surface area (Å²) in [5.41, 5.74) is 2.28. The van der Waals surface area contributed by atoms with Crippen LogP contribution in [0.4, 0.5) is 0 Å². The molecule has 0 unspecified atom stereocenters. The van der Waals surface area contributed by atoms with Crippen LogP contribution in [-0.4, -0.2) is 0 Å². The van der Waals surface area contributed by atoms with E-state index >= 15 is 0 Å². The lowest BCUT2D eigenvalue weighted by Crippen LogP contribution is -1.91. The minimum Gasteiger partial charge on any atom is -0.0843 e. The summed E-state index contributed by atoms with van der Waals surface area (Å²) in [6.07, 6.45) is 0.780. The van der Waals surface area contributed by atoms with Crippen LogP contribution in [-0.2, 0) is 6.42 Å². The predicted molar refractivity (Wildman–Crippen MR) is 81.1 cm³/mol. The predicted octanol–water partition coefficient (Wildman–Crippen LogP) is 6.11. The average Bonchev–Trinajstić information content (AvgIpc) is 2.28. The van der Waals surface area contributed by atoms with E-state index in [2.05, 4.69) is 31.9 Å². The fraction of sp³-hybridized carbons (Fsp3) is 0.0769. The molecule has 0 aromatic heterocycles. The van der Waals surface area contributed by atoms with Crippen molar-refractivity contribution in [2.24, 2.45) is 0 Å². The molecule has 0 aliphatic heterocycles. The van der Waals surface area contributed by atoms with Crippen LogP contribution in [0.25, 0.3) is 0 Å². The van der Waals surface area contributed by atoms with Crippen molar-refractivity contribution >= 4 is 55.1 Å². The van der Waals surface area contributed by atoms with Crippen LogP contribution in [0.1, 0.15) is 11.1 Å². The molecule has 0 spiro atoms. The zero-order valence-corrected chi connectivity index (χ0v) is 13.4. The first-order valence-electron chi connectivity index (χ1n) is 4.94. The first-order valence-corrected chi connectivity index (χ1v) is 7.28. The summed E-state index contributed by atoms with van der Waals surface area (Å²) in [6, 6.07) is 11.6. The molecule has 2 aromatic rings. The second-order valence-corrected chi connectivity index (χ2v) is 6.23. The van der Waals surface area contributed by atoms with Gasteiger partial charge in [0.2, 0.25) is 0 Å². The van der Waals surface area contributed by atoms with Crippen molar-refractivity contribution in [2.75, 3.05) is 0 Å². The van der Waals surface area contributed by atoms with Gasteiger partial charge >= 0.3 is 0 Å². The van der Waals surface area contributed by atoms with Gasteiger partial charge in [-0.25, -0.2) is 0 Å². The van der Waals surface area contributed by atoms with Gasteiger partial charge < -0.3 is 0 Å². The molecular formula is C13H8Br2Cl2. The van der Waals surface area contributed by atoms with E-state index in [4.69, 9.17) is 23.2 Å². The van der Waals surface area contributed by atoms with Crippen molar-refractivity contribution in [3.63, 3.8) is 0 Å². The SMILES string of the molecule is Clc1ccc(Br)c(Cc2cc(Cl)ccc2Br)c1. The van der Waals surface area contributed by atoms with Crippen LogP contribution >= 0.6 is 55.1 Å². The molecule has 0 atom stereocenters. The fourth-order valence-electron chi connectivity index (χ4n) is 1.56. The minimum atomic E-state index is 0.737. The first-order chi connectivity index (χ1) is 8.06. The van der Waals surface area contributed by atoms with Crippen molar-refractivity contribution in [1.29, 1.82) is 0 Å². The summed E-state index contributed by atoms with van der Waals surface area (Å²) >= 11 is 19.0. The van der Waals surface area contributed by atoms with Crippen LogP contribution in [0.3, 0.4) is 0 Å². The van der Waals surface area contributed by atoms with E-state index in [0.717, 1.165) is 36.5 Å². The lowest BCUT2D eigenvalue weighted by Gasteiger charge is -2.08. The molecule has 0 aliphatic carbocycles. The Morgan fingerprint density at radius 2 is 1.18 bits per heavy atom. The third-order valence-corrected chi connectivity index (χ3v) is 4.41. The maximum absolute atomic E-state index is 6.00. The van der Waals surface area contributed by atoms with Crippen molar-refractivity contribution < 1.29 is 0 Å². The van der Waals surface area contributed by atoms with E-state index in [1.165, 1.54) is 0 Å². The van der Waals surface area contributed by atoms with Gasteiger partial charge in [0.15, 0.2) is 0 Å². The van der Waals surface area contributed by atoms with Gasteiger partial charge in [0.05, 0.1) is 0 Å². The Kier molecular flexibility index (Phi) is 4.53. The van der Waals surface area contributed by atoms with E-state index in [0.29, 0.717) is 0 Å². The van der Waals surface area contributed by atoms with Crippen LogP contribution < -0.4 is 0 Å². The fourth-order valence-corrected chi connectivity index (χ4v) is 2.73. The molecule has 0 bridgehead atoms. The molecule has 2 rings (SSSR count). The van der Waals surface area contributed by atoms with Crippen molar-refractivity contribution in [3.05, 3.63) is 66.5 Å². The summed E-state index contributed by atoms with van der Waals surface area (Å²) in [5, 5.41) is 1.47. The molecule has 0 fully saturated rings. The normalized spacial score (nSPS) is 10.6. The van der Waals surface area contributed by atoms with Crippen LogP contribution in [0, 0.1) is 0 Å². The van der Waals surface area contributed by atoms with Gasteiger partial charge in [-0.3, -0.25) is 0 Å². The molecule has 88 valence electrons. The summed E-state index contributed by atoms with van der Waals surface area (Å²) in [5.74, 6) is 0. The Morgan fingerprint density at radius 3 is 1.59 bits per heavy atom. The molecule has 4 heteroatoms. The quantitative estimate of drug-likeness (QED) is 0.576. The molecule has 0 heterocycles. The minimum absolute atomic E-state index is 0.737. The number of hydrogen-bond donors (Lipinski definition) is 0. The molecule has 0 radical (unpaired) electrons. The summed E-state index contributed by atoms with van der Waals surface area (Å²) in [4.78, 5) is 0. The summed E-state index contributed by atoms with van der Waals surface area (Å²) < 4.78 is 2.10. The molecule has 2 aromatic carbocycles. The number of benzene rings is 2. The largest absolute Gasteiger partial charge is 0.0843 e. The third kappa shape index (κ3) is 3.47. The highest BCUT2D eigenvalue weighted by atomic mass is 79.9. The van der Waals surface area contributed by atoms with E-state index in [1.807, 2.05) is 36.4 Å². The Bertz CT molecular complexity index is 504. The molecule has 0 amide bonds. The molecular weight excluding hydrogens is 387 g/mol. The van der Waals surface area contributed by atoms with E-state index < -0.39 is 0 Å². The van der Waals surface area contributed by atoms with E-state index in [1.54, 1.807) is 0 Å². The maximum Gasteiger partial charge on any atom is 0.0409 e. The van der Waals surface area contributed by atoms with E-state index in [-0.39, 0.29) is 0 Å². The number of hydrogen-bond acceptors (Lipinski definition) is 0. The van der Waals surface area contributed by atoms with Crippen LogP contribution in [0.5, 0.6) is 0 Å². The third-order valence-electron chi connectivity index (χ3n) is 2.40. The Morgan fingerprint density at radius 1 is 0.765 bits per heavy atom. The van der Waals surface area contributed by atoms with Gasteiger partial charge in [-0.05, 0) is 53.9 Å². The number of rotatable bonds is 2. The summed E-state index contributed by atoms with van der Waals surface area (Å²) in [6.45, 7) is 0. The van der Waals surface area contributed by atoms with Gasteiger partial charge in [-0.1, -0.05) is 55.1 Å². The lowest BCUT2D eigenvalue weighted by atomic mass is 10.1. The second kappa shape index (κ2) is 5.75. The second-order valence-electron chi connectivity index (χ2n) is 3.65. The monoisotopic (exact) mass is 392 g/mol. The highest BCUT2D eigenvalue weighted by Gasteiger charge is 2.06.